The summed E-state index contributed by atoms with van der Waals surface area (Å²) in [7, 11) is 0. The van der Waals surface area contributed by atoms with Crippen LogP contribution in [0.15, 0.2) is 18.2 Å². The third kappa shape index (κ3) is 3.02. The number of hydrogen-bond donors (Lipinski definition) is 1. The Kier molecular flexibility index (Phi) is 3.72. The van der Waals surface area contributed by atoms with Crippen LogP contribution in [-0.4, -0.2) is 24.0 Å². The Hall–Kier alpha value is -1.44. The minimum atomic E-state index is -0.452. The van der Waals surface area contributed by atoms with Crippen molar-refractivity contribution < 1.29 is 4.39 Å². The van der Waals surface area contributed by atoms with E-state index >= 15 is 0 Å². The van der Waals surface area contributed by atoms with Crippen molar-refractivity contribution in [3.05, 3.63) is 35.1 Å². The normalized spacial score (nSPS) is 21.1. The van der Waals surface area contributed by atoms with E-state index in [0.717, 1.165) is 38.0 Å². The van der Waals surface area contributed by atoms with Crippen LogP contribution < -0.4 is 5.73 Å². The van der Waals surface area contributed by atoms with Crippen molar-refractivity contribution in [2.75, 3.05) is 13.1 Å². The highest BCUT2D eigenvalue weighted by molar-refractivity contribution is 5.34. The van der Waals surface area contributed by atoms with Crippen LogP contribution >= 0.6 is 0 Å². The number of nitriles is 1. The summed E-state index contributed by atoms with van der Waals surface area (Å²) in [5, 5.41) is 8.77. The lowest BCUT2D eigenvalue weighted by Gasteiger charge is -2.30. The van der Waals surface area contributed by atoms with Crippen LogP contribution in [0.25, 0.3) is 0 Å². The van der Waals surface area contributed by atoms with Gasteiger partial charge in [-0.25, -0.2) is 4.39 Å². The molecule has 1 aromatic carbocycles. The molecule has 0 aromatic heterocycles. The third-order valence-electron chi connectivity index (χ3n) is 3.10. The van der Waals surface area contributed by atoms with Crippen LogP contribution in [0, 0.1) is 17.1 Å². The molecule has 3 nitrogen and oxygen atoms in total. The molecule has 1 aliphatic rings. The Morgan fingerprint density at radius 1 is 1.53 bits per heavy atom. The Bertz CT molecular complexity index is 439. The molecular formula is C13H16FN3. The first kappa shape index (κ1) is 12.0. The summed E-state index contributed by atoms with van der Waals surface area (Å²) in [4.78, 5) is 2.25. The smallest absolute Gasteiger partial charge is 0.140 e. The second kappa shape index (κ2) is 5.26. The van der Waals surface area contributed by atoms with E-state index in [4.69, 9.17) is 11.0 Å². The Labute approximate surface area is 101 Å². The van der Waals surface area contributed by atoms with Gasteiger partial charge in [0.1, 0.15) is 11.9 Å². The highest BCUT2D eigenvalue weighted by Crippen LogP contribution is 2.15. The predicted octanol–water partition coefficient (Wildman–Crippen LogP) is 1.62. The van der Waals surface area contributed by atoms with Gasteiger partial charge in [-0.15, -0.1) is 0 Å². The van der Waals surface area contributed by atoms with E-state index < -0.39 is 5.82 Å². The third-order valence-corrected chi connectivity index (χ3v) is 3.10. The maximum absolute atomic E-state index is 13.2. The standard InChI is InChI=1S/C13H16FN3/c14-13-4-3-10(6-11(13)7-15)8-17-5-1-2-12(16)9-17/h3-4,6,12H,1-2,5,8-9,16H2/t12-/m1/s1. The SMILES string of the molecule is N#Cc1cc(CN2CCC[C@@H](N)C2)ccc1F. The van der Waals surface area contributed by atoms with Gasteiger partial charge in [-0.05, 0) is 37.1 Å². The molecule has 0 bridgehead atoms. The van der Waals surface area contributed by atoms with Crippen LogP contribution in [-0.2, 0) is 6.54 Å². The molecule has 1 aromatic rings. The van der Waals surface area contributed by atoms with Gasteiger partial charge in [-0.1, -0.05) is 6.07 Å². The average Bonchev–Trinajstić information content (AvgIpc) is 2.32. The van der Waals surface area contributed by atoms with Crippen molar-refractivity contribution in [2.45, 2.75) is 25.4 Å². The minimum absolute atomic E-state index is 0.115. The summed E-state index contributed by atoms with van der Waals surface area (Å²) in [6, 6.07) is 6.81. The lowest BCUT2D eigenvalue weighted by Crippen LogP contribution is -2.42. The van der Waals surface area contributed by atoms with E-state index in [1.807, 2.05) is 6.07 Å². The van der Waals surface area contributed by atoms with Gasteiger partial charge in [0.2, 0.25) is 0 Å². The quantitative estimate of drug-likeness (QED) is 0.844. The molecule has 1 aliphatic heterocycles. The first-order valence-corrected chi connectivity index (χ1v) is 5.85. The molecule has 1 saturated heterocycles. The number of nitrogens with two attached hydrogens (primary N) is 1. The second-order valence-corrected chi connectivity index (χ2v) is 4.56. The summed E-state index contributed by atoms with van der Waals surface area (Å²) in [5.41, 5.74) is 6.99. The molecule has 0 amide bonds. The predicted molar refractivity (Wildman–Crippen MR) is 63.6 cm³/mol. The second-order valence-electron chi connectivity index (χ2n) is 4.56. The number of hydrogen-bond acceptors (Lipinski definition) is 3. The largest absolute Gasteiger partial charge is 0.327 e. The molecule has 0 spiro atoms. The minimum Gasteiger partial charge on any atom is -0.327 e. The van der Waals surface area contributed by atoms with Crippen LogP contribution in [0.2, 0.25) is 0 Å². The molecule has 0 aliphatic carbocycles. The molecule has 1 atom stereocenters. The highest BCUT2D eigenvalue weighted by atomic mass is 19.1. The molecule has 0 unspecified atom stereocenters. The monoisotopic (exact) mass is 233 g/mol. The van der Waals surface area contributed by atoms with Crippen LogP contribution in [0.1, 0.15) is 24.0 Å². The molecule has 1 fully saturated rings. The van der Waals surface area contributed by atoms with E-state index in [0.29, 0.717) is 0 Å². The zero-order valence-corrected chi connectivity index (χ0v) is 9.69. The van der Waals surface area contributed by atoms with Gasteiger partial charge in [0.05, 0.1) is 5.56 Å². The maximum Gasteiger partial charge on any atom is 0.140 e. The number of rotatable bonds is 2. The fourth-order valence-electron chi connectivity index (χ4n) is 2.25. The van der Waals surface area contributed by atoms with Crippen molar-refractivity contribution in [2.24, 2.45) is 5.73 Å². The summed E-state index contributed by atoms with van der Waals surface area (Å²) in [5.74, 6) is -0.452. The summed E-state index contributed by atoms with van der Waals surface area (Å²) >= 11 is 0. The molecule has 4 heteroatoms. The zero-order chi connectivity index (χ0) is 12.3. The van der Waals surface area contributed by atoms with E-state index in [-0.39, 0.29) is 11.6 Å². The van der Waals surface area contributed by atoms with Crippen LogP contribution in [0.3, 0.4) is 0 Å². The summed E-state index contributed by atoms with van der Waals surface area (Å²) < 4.78 is 13.2. The topological polar surface area (TPSA) is 53.0 Å². The molecule has 90 valence electrons. The van der Waals surface area contributed by atoms with Crippen molar-refractivity contribution >= 4 is 0 Å². The van der Waals surface area contributed by atoms with Crippen molar-refractivity contribution in [3.63, 3.8) is 0 Å². The highest BCUT2D eigenvalue weighted by Gasteiger charge is 2.16. The first-order valence-electron chi connectivity index (χ1n) is 5.85. The van der Waals surface area contributed by atoms with Gasteiger partial charge < -0.3 is 5.73 Å². The van der Waals surface area contributed by atoms with Gasteiger partial charge in [0.25, 0.3) is 0 Å². The maximum atomic E-state index is 13.2. The number of likely N-dealkylation sites (tertiary alicyclic amines) is 1. The van der Waals surface area contributed by atoms with Crippen molar-refractivity contribution in [1.82, 2.24) is 4.90 Å². The Morgan fingerprint density at radius 3 is 3.06 bits per heavy atom. The molecule has 1 heterocycles. The van der Waals surface area contributed by atoms with E-state index in [1.54, 1.807) is 12.1 Å². The summed E-state index contributed by atoms with van der Waals surface area (Å²) in [6.07, 6.45) is 2.18. The zero-order valence-electron chi connectivity index (χ0n) is 9.69. The molecule has 2 N–H and O–H groups in total. The van der Waals surface area contributed by atoms with E-state index in [2.05, 4.69) is 4.90 Å². The van der Waals surface area contributed by atoms with Gasteiger partial charge in [-0.3, -0.25) is 4.90 Å². The Morgan fingerprint density at radius 2 is 2.35 bits per heavy atom. The number of benzene rings is 1. The molecule has 2 rings (SSSR count). The van der Waals surface area contributed by atoms with E-state index in [1.165, 1.54) is 6.07 Å². The Balaban J connectivity index is 2.06. The first-order chi connectivity index (χ1) is 8.19. The van der Waals surface area contributed by atoms with Crippen LogP contribution in [0.4, 0.5) is 4.39 Å². The molecule has 0 radical (unpaired) electrons. The van der Waals surface area contributed by atoms with Gasteiger partial charge in [0.15, 0.2) is 0 Å². The number of piperidine rings is 1. The van der Waals surface area contributed by atoms with Crippen molar-refractivity contribution in [3.8, 4) is 6.07 Å². The molecular weight excluding hydrogens is 217 g/mol. The van der Waals surface area contributed by atoms with Crippen LogP contribution in [0.5, 0.6) is 0 Å². The number of halogens is 1. The summed E-state index contributed by atoms with van der Waals surface area (Å²) in [6.45, 7) is 2.63. The molecule has 0 saturated carbocycles. The fourth-order valence-corrected chi connectivity index (χ4v) is 2.25. The van der Waals surface area contributed by atoms with E-state index in [9.17, 15) is 4.39 Å². The van der Waals surface area contributed by atoms with Gasteiger partial charge in [-0.2, -0.15) is 5.26 Å². The number of nitrogens with zero attached hydrogens (tertiary/aromatic N) is 2. The molecule has 17 heavy (non-hydrogen) atoms. The average molecular weight is 233 g/mol. The fraction of sp³-hybridized carbons (Fsp3) is 0.462. The lowest BCUT2D eigenvalue weighted by atomic mass is 10.0. The lowest BCUT2D eigenvalue weighted by molar-refractivity contribution is 0.201. The van der Waals surface area contributed by atoms with Gasteiger partial charge in [0, 0.05) is 19.1 Å². The van der Waals surface area contributed by atoms with Gasteiger partial charge >= 0.3 is 0 Å². The van der Waals surface area contributed by atoms with Crippen molar-refractivity contribution in [1.29, 1.82) is 5.26 Å².